The largest absolute Gasteiger partial charge is 0.457 e. The summed E-state index contributed by atoms with van der Waals surface area (Å²) in [5.74, 6) is 1.71. The number of nitrogens with zero attached hydrogens (tertiary/aromatic N) is 6. The van der Waals surface area contributed by atoms with Crippen molar-refractivity contribution in [1.29, 1.82) is 5.26 Å². The van der Waals surface area contributed by atoms with Gasteiger partial charge in [-0.2, -0.15) is 10.4 Å². The van der Waals surface area contributed by atoms with Crippen molar-refractivity contribution in [3.8, 4) is 28.8 Å². The Labute approximate surface area is 202 Å². The number of nitriles is 1. The summed E-state index contributed by atoms with van der Waals surface area (Å²) in [7, 11) is 0. The van der Waals surface area contributed by atoms with Gasteiger partial charge in [0.2, 0.25) is 5.91 Å². The molecule has 0 unspecified atom stereocenters. The average molecular weight is 466 g/mol. The lowest BCUT2D eigenvalue weighted by atomic mass is 10.1. The van der Waals surface area contributed by atoms with Crippen molar-refractivity contribution in [2.24, 2.45) is 0 Å². The molecule has 0 spiro atoms. The van der Waals surface area contributed by atoms with Crippen LogP contribution in [0.15, 0.2) is 73.1 Å². The number of amides is 1. The van der Waals surface area contributed by atoms with Gasteiger partial charge in [-0.15, -0.1) is 0 Å². The maximum atomic E-state index is 12.4. The fraction of sp³-hybridized carbons (Fsp3) is 0.192. The molecule has 0 bridgehead atoms. The van der Waals surface area contributed by atoms with Crippen molar-refractivity contribution >= 4 is 22.8 Å². The van der Waals surface area contributed by atoms with Crippen molar-refractivity contribution in [1.82, 2.24) is 24.6 Å². The monoisotopic (exact) mass is 465 g/mol. The molecule has 3 heterocycles. The summed E-state index contributed by atoms with van der Waals surface area (Å²) >= 11 is 0. The van der Waals surface area contributed by atoms with Gasteiger partial charge in [0.15, 0.2) is 5.65 Å². The molecule has 1 aliphatic rings. The SMILES string of the molecule is N#CC/C=C\C(=O)N1CC[C@@H](n2nc(-c3ccc(Oc4ccccc4)cc3)c3c(N)ncnc32)C1. The normalized spacial score (nSPS) is 15.5. The lowest BCUT2D eigenvalue weighted by Gasteiger charge is -2.15. The lowest BCUT2D eigenvalue weighted by Crippen LogP contribution is -2.27. The highest BCUT2D eigenvalue weighted by atomic mass is 16.5. The van der Waals surface area contributed by atoms with Gasteiger partial charge in [-0.05, 0) is 42.8 Å². The molecule has 1 fully saturated rings. The molecule has 1 atom stereocenters. The van der Waals surface area contributed by atoms with E-state index in [2.05, 4.69) is 9.97 Å². The number of ether oxygens (including phenoxy) is 1. The van der Waals surface area contributed by atoms with E-state index in [-0.39, 0.29) is 18.4 Å². The number of hydrogen-bond donors (Lipinski definition) is 1. The third kappa shape index (κ3) is 4.54. The van der Waals surface area contributed by atoms with E-state index >= 15 is 0 Å². The van der Waals surface area contributed by atoms with E-state index in [9.17, 15) is 4.79 Å². The average Bonchev–Trinajstić information content (AvgIpc) is 3.51. The molecule has 9 nitrogen and oxygen atoms in total. The molecule has 35 heavy (non-hydrogen) atoms. The first-order chi connectivity index (χ1) is 17.1. The number of rotatable bonds is 6. The summed E-state index contributed by atoms with van der Waals surface area (Å²) in [6.07, 6.45) is 5.41. The Hall–Kier alpha value is -4.71. The molecule has 2 N–H and O–H groups in total. The van der Waals surface area contributed by atoms with Gasteiger partial charge in [0, 0.05) is 24.7 Å². The smallest absolute Gasteiger partial charge is 0.246 e. The van der Waals surface area contributed by atoms with Gasteiger partial charge in [0.05, 0.1) is 23.9 Å². The van der Waals surface area contributed by atoms with Crippen LogP contribution in [-0.4, -0.2) is 43.6 Å². The molecule has 174 valence electrons. The van der Waals surface area contributed by atoms with Crippen LogP contribution >= 0.6 is 0 Å². The van der Waals surface area contributed by atoms with Gasteiger partial charge in [0.25, 0.3) is 0 Å². The zero-order valence-electron chi connectivity index (χ0n) is 18.9. The molecule has 0 saturated carbocycles. The number of aromatic nitrogens is 4. The molecular formula is C26H23N7O2. The minimum atomic E-state index is -0.109. The van der Waals surface area contributed by atoms with Gasteiger partial charge in [-0.25, -0.2) is 14.6 Å². The minimum absolute atomic E-state index is 0.0467. The Bertz CT molecular complexity index is 1420. The van der Waals surface area contributed by atoms with Gasteiger partial charge in [0.1, 0.15) is 29.3 Å². The number of likely N-dealkylation sites (tertiary alicyclic amines) is 1. The number of nitrogen functional groups attached to an aromatic ring is 1. The van der Waals surface area contributed by atoms with Crippen molar-refractivity contribution in [3.05, 3.63) is 73.1 Å². The second-order valence-corrected chi connectivity index (χ2v) is 8.18. The van der Waals surface area contributed by atoms with Crippen LogP contribution in [-0.2, 0) is 4.79 Å². The Morgan fingerprint density at radius 3 is 2.69 bits per heavy atom. The van der Waals surface area contributed by atoms with Crippen LogP contribution in [0.1, 0.15) is 18.9 Å². The number of carbonyl (C=O) groups is 1. The topological polar surface area (TPSA) is 123 Å². The number of nitrogens with two attached hydrogens (primary N) is 1. The number of hydrogen-bond acceptors (Lipinski definition) is 7. The van der Waals surface area contributed by atoms with Crippen molar-refractivity contribution < 1.29 is 9.53 Å². The van der Waals surface area contributed by atoms with E-state index in [4.69, 9.17) is 20.8 Å². The van der Waals surface area contributed by atoms with Gasteiger partial charge in [-0.3, -0.25) is 4.79 Å². The third-order valence-electron chi connectivity index (χ3n) is 5.92. The Balaban J connectivity index is 1.43. The van der Waals surface area contributed by atoms with Crippen LogP contribution in [0.5, 0.6) is 11.5 Å². The van der Waals surface area contributed by atoms with Gasteiger partial charge >= 0.3 is 0 Å². The molecule has 1 amide bonds. The van der Waals surface area contributed by atoms with Gasteiger partial charge < -0.3 is 15.4 Å². The first kappa shape index (κ1) is 22.1. The van der Waals surface area contributed by atoms with Crippen LogP contribution in [0.25, 0.3) is 22.3 Å². The molecule has 4 aromatic rings. The van der Waals surface area contributed by atoms with E-state index in [1.807, 2.05) is 65.3 Å². The van der Waals surface area contributed by atoms with E-state index in [1.54, 1.807) is 11.0 Å². The first-order valence-corrected chi connectivity index (χ1v) is 11.3. The summed E-state index contributed by atoms with van der Waals surface area (Å²) in [4.78, 5) is 22.9. The predicted octanol–water partition coefficient (Wildman–Crippen LogP) is 4.11. The summed E-state index contributed by atoms with van der Waals surface area (Å²) in [5.41, 5.74) is 8.43. The maximum absolute atomic E-state index is 12.4. The summed E-state index contributed by atoms with van der Waals surface area (Å²) in [6.45, 7) is 1.10. The highest BCUT2D eigenvalue weighted by Crippen LogP contribution is 2.35. The molecular weight excluding hydrogens is 442 g/mol. The minimum Gasteiger partial charge on any atom is -0.457 e. The second-order valence-electron chi connectivity index (χ2n) is 8.18. The Morgan fingerprint density at radius 1 is 1.14 bits per heavy atom. The number of para-hydroxylation sites is 1. The Kier molecular flexibility index (Phi) is 6.09. The third-order valence-corrected chi connectivity index (χ3v) is 5.92. The zero-order chi connectivity index (χ0) is 24.2. The standard InChI is InChI=1S/C26H23N7O2/c27-14-5-4-8-22(34)32-15-13-19(16-32)33-26-23(25(28)29-17-30-26)24(31-33)18-9-11-21(12-10-18)35-20-6-2-1-3-7-20/h1-4,6-12,17,19H,5,13,15-16H2,(H2,28,29,30)/b8-4-/t19-/m1/s1. The van der Waals surface area contributed by atoms with Crippen LogP contribution in [0.2, 0.25) is 0 Å². The number of allylic oxidation sites excluding steroid dienone is 1. The van der Waals surface area contributed by atoms with Crippen LogP contribution in [0.3, 0.4) is 0 Å². The number of carbonyl (C=O) groups excluding carboxylic acids is 1. The quantitative estimate of drug-likeness (QED) is 0.425. The first-order valence-electron chi connectivity index (χ1n) is 11.3. The predicted molar refractivity (Wildman–Crippen MR) is 131 cm³/mol. The van der Waals surface area contributed by atoms with Crippen molar-refractivity contribution in [2.45, 2.75) is 18.9 Å². The number of anilines is 1. The summed E-state index contributed by atoms with van der Waals surface area (Å²) in [5, 5.41) is 14.2. The summed E-state index contributed by atoms with van der Waals surface area (Å²) < 4.78 is 7.75. The number of fused-ring (bicyclic) bond motifs is 1. The van der Waals surface area contributed by atoms with Crippen molar-refractivity contribution in [2.75, 3.05) is 18.8 Å². The lowest BCUT2D eigenvalue weighted by molar-refractivity contribution is -0.125. The molecule has 5 rings (SSSR count). The van der Waals surface area contributed by atoms with E-state index < -0.39 is 0 Å². The highest BCUT2D eigenvalue weighted by molar-refractivity contribution is 5.98. The zero-order valence-corrected chi connectivity index (χ0v) is 18.9. The fourth-order valence-corrected chi connectivity index (χ4v) is 4.22. The summed E-state index contributed by atoms with van der Waals surface area (Å²) in [6, 6.07) is 19.2. The van der Waals surface area contributed by atoms with E-state index in [0.717, 1.165) is 17.7 Å². The molecule has 0 aliphatic carbocycles. The molecule has 1 saturated heterocycles. The molecule has 2 aromatic heterocycles. The number of benzene rings is 2. The van der Waals surface area contributed by atoms with Crippen molar-refractivity contribution in [3.63, 3.8) is 0 Å². The molecule has 0 radical (unpaired) electrons. The molecule has 9 heteroatoms. The Morgan fingerprint density at radius 2 is 1.91 bits per heavy atom. The van der Waals surface area contributed by atoms with E-state index in [1.165, 1.54) is 12.4 Å². The van der Waals surface area contributed by atoms with E-state index in [0.29, 0.717) is 41.4 Å². The second kappa shape index (κ2) is 9.65. The molecule has 2 aromatic carbocycles. The fourth-order valence-electron chi connectivity index (χ4n) is 4.22. The van der Waals surface area contributed by atoms with Gasteiger partial charge in [-0.1, -0.05) is 24.3 Å². The van der Waals surface area contributed by atoms with Crippen LogP contribution < -0.4 is 10.5 Å². The molecule has 1 aliphatic heterocycles. The van der Waals surface area contributed by atoms with Crippen LogP contribution in [0.4, 0.5) is 5.82 Å². The highest BCUT2D eigenvalue weighted by Gasteiger charge is 2.30. The maximum Gasteiger partial charge on any atom is 0.246 e. The van der Waals surface area contributed by atoms with Crippen LogP contribution in [0, 0.1) is 11.3 Å².